The molecule has 0 spiro atoms. The molecule has 1 aromatic carbocycles. The van der Waals surface area contributed by atoms with E-state index in [1.54, 1.807) is 13.1 Å². The third-order valence-corrected chi connectivity index (χ3v) is 3.71. The van der Waals surface area contributed by atoms with E-state index in [2.05, 4.69) is 20.3 Å². The molecule has 0 aliphatic heterocycles. The van der Waals surface area contributed by atoms with Crippen LogP contribution in [0.3, 0.4) is 0 Å². The predicted octanol–water partition coefficient (Wildman–Crippen LogP) is 1.99. The first-order valence-electron chi connectivity index (χ1n) is 8.25. The standard InChI is InChI=1S/C18H25N5O/c1-3-17(19)21-10-4-9-20-11-14-5-7-15(8-6-14)16-12-22-13(2)23-18(16)24/h5-8,12,20H,3-4,9-11H2,1-2H3,(H2,19,21)(H,22,23,24). The minimum atomic E-state index is -0.111. The number of aromatic amines is 1. The van der Waals surface area contributed by atoms with Crippen LogP contribution in [0.1, 0.15) is 31.2 Å². The first-order valence-corrected chi connectivity index (χ1v) is 8.25. The van der Waals surface area contributed by atoms with Gasteiger partial charge in [0.2, 0.25) is 0 Å². The number of rotatable bonds is 8. The van der Waals surface area contributed by atoms with Gasteiger partial charge in [0.05, 0.1) is 11.4 Å². The SMILES string of the molecule is CCC(N)=NCCCNCc1ccc(-c2cnc(C)[nH]c2=O)cc1. The lowest BCUT2D eigenvalue weighted by molar-refractivity contribution is 0.655. The zero-order valence-electron chi connectivity index (χ0n) is 14.3. The van der Waals surface area contributed by atoms with E-state index in [1.165, 1.54) is 5.56 Å². The van der Waals surface area contributed by atoms with Crippen LogP contribution in [-0.4, -0.2) is 28.9 Å². The van der Waals surface area contributed by atoms with Gasteiger partial charge in [-0.05, 0) is 31.0 Å². The lowest BCUT2D eigenvalue weighted by atomic mass is 10.1. The van der Waals surface area contributed by atoms with Crippen LogP contribution in [-0.2, 0) is 6.54 Å². The van der Waals surface area contributed by atoms with Crippen LogP contribution in [0.2, 0.25) is 0 Å². The van der Waals surface area contributed by atoms with Crippen molar-refractivity contribution in [2.24, 2.45) is 10.7 Å². The van der Waals surface area contributed by atoms with Gasteiger partial charge in [0.25, 0.3) is 5.56 Å². The van der Waals surface area contributed by atoms with E-state index in [1.807, 2.05) is 31.2 Å². The molecule has 1 aromatic heterocycles. The number of amidine groups is 1. The van der Waals surface area contributed by atoms with Gasteiger partial charge in [-0.3, -0.25) is 9.79 Å². The molecule has 0 aliphatic rings. The summed E-state index contributed by atoms with van der Waals surface area (Å²) in [4.78, 5) is 23.1. The first kappa shape index (κ1) is 17.9. The van der Waals surface area contributed by atoms with Crippen molar-refractivity contribution in [3.63, 3.8) is 0 Å². The highest BCUT2D eigenvalue weighted by atomic mass is 16.1. The molecule has 2 rings (SSSR count). The Hall–Kier alpha value is -2.47. The smallest absolute Gasteiger partial charge is 0.258 e. The van der Waals surface area contributed by atoms with Crippen molar-refractivity contribution in [2.75, 3.05) is 13.1 Å². The number of nitrogens with zero attached hydrogens (tertiary/aromatic N) is 2. The van der Waals surface area contributed by atoms with E-state index >= 15 is 0 Å². The Morgan fingerprint density at radius 3 is 2.75 bits per heavy atom. The average Bonchev–Trinajstić information content (AvgIpc) is 2.58. The van der Waals surface area contributed by atoms with Crippen LogP contribution in [0, 0.1) is 6.92 Å². The Morgan fingerprint density at radius 1 is 1.33 bits per heavy atom. The number of H-pyrrole nitrogens is 1. The number of aromatic nitrogens is 2. The van der Waals surface area contributed by atoms with E-state index in [0.29, 0.717) is 17.2 Å². The second kappa shape index (κ2) is 8.98. The Bertz CT molecular complexity index is 734. The largest absolute Gasteiger partial charge is 0.387 e. The highest BCUT2D eigenvalue weighted by Gasteiger charge is 2.04. The van der Waals surface area contributed by atoms with Crippen molar-refractivity contribution in [1.29, 1.82) is 0 Å². The maximum Gasteiger partial charge on any atom is 0.258 e. The molecule has 0 fully saturated rings. The molecule has 0 saturated heterocycles. The number of nitrogens with one attached hydrogen (secondary N) is 2. The Kier molecular flexibility index (Phi) is 6.69. The number of aryl methyl sites for hydroxylation is 1. The molecule has 4 N–H and O–H groups in total. The quantitative estimate of drug-likeness (QED) is 0.392. The van der Waals surface area contributed by atoms with E-state index < -0.39 is 0 Å². The molecule has 0 bridgehead atoms. The normalized spacial score (nSPS) is 11.7. The fourth-order valence-electron chi connectivity index (χ4n) is 2.26. The summed E-state index contributed by atoms with van der Waals surface area (Å²) in [6, 6.07) is 7.94. The minimum absolute atomic E-state index is 0.111. The van der Waals surface area contributed by atoms with Crippen LogP contribution < -0.4 is 16.6 Å². The summed E-state index contributed by atoms with van der Waals surface area (Å²) in [7, 11) is 0. The molecule has 24 heavy (non-hydrogen) atoms. The van der Waals surface area contributed by atoms with Crippen LogP contribution in [0.15, 0.2) is 40.2 Å². The van der Waals surface area contributed by atoms with E-state index in [-0.39, 0.29) is 5.56 Å². The van der Waals surface area contributed by atoms with Gasteiger partial charge in [0.1, 0.15) is 5.82 Å². The first-order chi connectivity index (χ1) is 11.6. The van der Waals surface area contributed by atoms with Crippen LogP contribution in [0.4, 0.5) is 0 Å². The number of benzene rings is 1. The fraction of sp³-hybridized carbons (Fsp3) is 0.389. The fourth-order valence-corrected chi connectivity index (χ4v) is 2.26. The Balaban J connectivity index is 1.83. The monoisotopic (exact) mass is 327 g/mol. The lowest BCUT2D eigenvalue weighted by Gasteiger charge is -2.06. The van der Waals surface area contributed by atoms with Crippen molar-refractivity contribution >= 4 is 5.84 Å². The van der Waals surface area contributed by atoms with Crippen LogP contribution in [0.25, 0.3) is 11.1 Å². The summed E-state index contributed by atoms with van der Waals surface area (Å²) >= 11 is 0. The summed E-state index contributed by atoms with van der Waals surface area (Å²) in [5.74, 6) is 1.33. The maximum atomic E-state index is 11.9. The predicted molar refractivity (Wildman–Crippen MR) is 98.1 cm³/mol. The summed E-state index contributed by atoms with van der Waals surface area (Å²) < 4.78 is 0. The molecule has 6 nitrogen and oxygen atoms in total. The number of nitrogens with two attached hydrogens (primary N) is 1. The molecular formula is C18H25N5O. The Morgan fingerprint density at radius 2 is 2.08 bits per heavy atom. The number of hydrogen-bond acceptors (Lipinski definition) is 4. The van der Waals surface area contributed by atoms with Crippen molar-refractivity contribution in [3.05, 3.63) is 52.2 Å². The summed E-state index contributed by atoms with van der Waals surface area (Å²) in [6.45, 7) is 6.21. The lowest BCUT2D eigenvalue weighted by Crippen LogP contribution is -2.16. The zero-order chi connectivity index (χ0) is 17.4. The van der Waals surface area contributed by atoms with Crippen molar-refractivity contribution in [2.45, 2.75) is 33.2 Å². The van der Waals surface area contributed by atoms with Gasteiger partial charge in [-0.25, -0.2) is 4.98 Å². The van der Waals surface area contributed by atoms with Crippen molar-refractivity contribution < 1.29 is 0 Å². The van der Waals surface area contributed by atoms with Gasteiger partial charge in [-0.2, -0.15) is 0 Å². The molecule has 0 unspecified atom stereocenters. The molecular weight excluding hydrogens is 302 g/mol. The molecule has 128 valence electrons. The topological polar surface area (TPSA) is 96.2 Å². The van der Waals surface area contributed by atoms with E-state index in [4.69, 9.17) is 5.73 Å². The average molecular weight is 327 g/mol. The second-order valence-corrected chi connectivity index (χ2v) is 5.67. The number of hydrogen-bond donors (Lipinski definition) is 3. The molecule has 0 atom stereocenters. The van der Waals surface area contributed by atoms with Crippen molar-refractivity contribution in [3.8, 4) is 11.1 Å². The van der Waals surface area contributed by atoms with Gasteiger partial charge in [-0.1, -0.05) is 31.2 Å². The molecule has 6 heteroatoms. The third kappa shape index (κ3) is 5.31. The second-order valence-electron chi connectivity index (χ2n) is 5.67. The minimum Gasteiger partial charge on any atom is -0.387 e. The third-order valence-electron chi connectivity index (χ3n) is 3.71. The summed E-state index contributed by atoms with van der Waals surface area (Å²) in [5.41, 5.74) is 8.18. The van der Waals surface area contributed by atoms with Gasteiger partial charge in [0.15, 0.2) is 0 Å². The van der Waals surface area contributed by atoms with Crippen LogP contribution >= 0.6 is 0 Å². The molecule has 0 amide bonds. The summed E-state index contributed by atoms with van der Waals surface area (Å²) in [6.07, 6.45) is 3.38. The molecule has 0 saturated carbocycles. The highest BCUT2D eigenvalue weighted by Crippen LogP contribution is 2.15. The molecule has 1 heterocycles. The maximum absolute atomic E-state index is 11.9. The molecule has 0 aliphatic carbocycles. The van der Waals surface area contributed by atoms with E-state index in [9.17, 15) is 4.79 Å². The van der Waals surface area contributed by atoms with Crippen LogP contribution in [0.5, 0.6) is 0 Å². The number of aliphatic imine (C=N–C) groups is 1. The van der Waals surface area contributed by atoms with Gasteiger partial charge in [-0.15, -0.1) is 0 Å². The zero-order valence-corrected chi connectivity index (χ0v) is 14.3. The molecule has 2 aromatic rings. The Labute approximate surface area is 142 Å². The summed E-state index contributed by atoms with van der Waals surface area (Å²) in [5, 5.41) is 3.38. The van der Waals surface area contributed by atoms with Crippen molar-refractivity contribution in [1.82, 2.24) is 15.3 Å². The molecule has 0 radical (unpaired) electrons. The van der Waals surface area contributed by atoms with Gasteiger partial charge in [0, 0.05) is 25.7 Å². The van der Waals surface area contributed by atoms with Gasteiger partial charge >= 0.3 is 0 Å². The van der Waals surface area contributed by atoms with E-state index in [0.717, 1.165) is 38.0 Å². The highest BCUT2D eigenvalue weighted by molar-refractivity contribution is 5.79. The van der Waals surface area contributed by atoms with Gasteiger partial charge < -0.3 is 16.0 Å².